The summed E-state index contributed by atoms with van der Waals surface area (Å²) in [7, 11) is 0. The summed E-state index contributed by atoms with van der Waals surface area (Å²) in [6.45, 7) is 8.79. The Morgan fingerprint density at radius 1 is 1.19 bits per heavy atom. The average Bonchev–Trinajstić information content (AvgIpc) is 2.47. The fraction of sp³-hybridized carbons (Fsp3) is 0.667. The molecule has 0 aromatic heterocycles. The van der Waals surface area contributed by atoms with Crippen molar-refractivity contribution in [2.45, 2.75) is 46.0 Å². The molecule has 1 aliphatic rings. The molecule has 0 unspecified atom stereocenters. The van der Waals surface area contributed by atoms with E-state index in [9.17, 15) is 0 Å². The van der Waals surface area contributed by atoms with Gasteiger partial charge in [-0.1, -0.05) is 26.3 Å². The molecule has 1 saturated heterocycles. The maximum absolute atomic E-state index is 6.09. The van der Waals surface area contributed by atoms with E-state index >= 15 is 0 Å². The molecule has 0 spiro atoms. The summed E-state index contributed by atoms with van der Waals surface area (Å²) < 4.78 is 5.72. The monoisotopic (exact) mass is 290 g/mol. The van der Waals surface area contributed by atoms with Crippen LogP contribution in [0, 0.1) is 5.92 Å². The van der Waals surface area contributed by atoms with Crippen LogP contribution in [0.2, 0.25) is 0 Å². The van der Waals surface area contributed by atoms with Gasteiger partial charge in [0.25, 0.3) is 0 Å². The van der Waals surface area contributed by atoms with Crippen molar-refractivity contribution in [3.63, 3.8) is 0 Å². The molecule has 0 aliphatic carbocycles. The Bertz CT molecular complexity index is 425. The van der Waals surface area contributed by atoms with E-state index in [4.69, 9.17) is 10.5 Å². The zero-order valence-electron chi connectivity index (χ0n) is 13.6. The second-order valence-corrected chi connectivity index (χ2v) is 6.58. The van der Waals surface area contributed by atoms with Gasteiger partial charge in [0.2, 0.25) is 0 Å². The number of hydrogen-bond donors (Lipinski definition) is 1. The van der Waals surface area contributed by atoms with Gasteiger partial charge in [-0.15, -0.1) is 0 Å². The van der Waals surface area contributed by atoms with Crippen molar-refractivity contribution < 1.29 is 4.74 Å². The maximum atomic E-state index is 6.09. The van der Waals surface area contributed by atoms with Crippen LogP contribution in [0.15, 0.2) is 18.2 Å². The molecule has 0 radical (unpaired) electrons. The fourth-order valence-electron chi connectivity index (χ4n) is 2.83. The molecule has 1 heterocycles. The van der Waals surface area contributed by atoms with Gasteiger partial charge in [-0.25, -0.2) is 0 Å². The van der Waals surface area contributed by atoms with Crippen molar-refractivity contribution in [1.29, 1.82) is 0 Å². The van der Waals surface area contributed by atoms with Gasteiger partial charge in [0.15, 0.2) is 0 Å². The van der Waals surface area contributed by atoms with Crippen molar-refractivity contribution >= 4 is 5.69 Å². The van der Waals surface area contributed by atoms with E-state index in [1.807, 2.05) is 6.07 Å². The van der Waals surface area contributed by atoms with Gasteiger partial charge in [-0.3, -0.25) is 0 Å². The minimum Gasteiger partial charge on any atom is -0.491 e. The van der Waals surface area contributed by atoms with E-state index in [1.54, 1.807) is 0 Å². The first kappa shape index (κ1) is 16.2. The molecule has 2 rings (SSSR count). The van der Waals surface area contributed by atoms with E-state index in [0.717, 1.165) is 24.5 Å². The largest absolute Gasteiger partial charge is 0.491 e. The molecule has 1 aromatic carbocycles. The highest BCUT2D eigenvalue weighted by Gasteiger charge is 2.09. The number of benzene rings is 1. The van der Waals surface area contributed by atoms with Gasteiger partial charge in [-0.2, -0.15) is 0 Å². The second-order valence-electron chi connectivity index (χ2n) is 6.58. The van der Waals surface area contributed by atoms with E-state index in [2.05, 4.69) is 30.9 Å². The zero-order chi connectivity index (χ0) is 15.1. The minimum atomic E-state index is 0.522. The molecule has 0 saturated carbocycles. The number of rotatable bonds is 7. The van der Waals surface area contributed by atoms with E-state index < -0.39 is 0 Å². The van der Waals surface area contributed by atoms with Gasteiger partial charge in [0, 0.05) is 0 Å². The Morgan fingerprint density at radius 2 is 1.95 bits per heavy atom. The van der Waals surface area contributed by atoms with E-state index in [1.165, 1.54) is 50.9 Å². The normalized spacial score (nSPS) is 16.3. The number of nitrogens with two attached hydrogens (primary N) is 1. The quantitative estimate of drug-likeness (QED) is 0.778. The van der Waals surface area contributed by atoms with Gasteiger partial charge < -0.3 is 15.4 Å². The average molecular weight is 290 g/mol. The van der Waals surface area contributed by atoms with E-state index in [0.29, 0.717) is 5.92 Å². The lowest BCUT2D eigenvalue weighted by atomic mass is 10.1. The topological polar surface area (TPSA) is 38.5 Å². The Kier molecular flexibility index (Phi) is 6.37. The van der Waals surface area contributed by atoms with Gasteiger partial charge in [-0.05, 0) is 68.9 Å². The highest BCUT2D eigenvalue weighted by Crippen LogP contribution is 2.24. The molecule has 21 heavy (non-hydrogen) atoms. The third kappa shape index (κ3) is 5.58. The summed E-state index contributed by atoms with van der Waals surface area (Å²) in [5.74, 6) is 1.34. The molecule has 1 fully saturated rings. The summed E-state index contributed by atoms with van der Waals surface area (Å²) in [6.07, 6.45) is 6.46. The molecule has 1 aliphatic heterocycles. The van der Waals surface area contributed by atoms with Crippen molar-refractivity contribution in [3.05, 3.63) is 23.8 Å². The standard InChI is InChI=1S/C18H30N2O/c1-15(2)14-21-18-9-8-16(13-17(18)19)7-6-12-20-10-4-3-5-11-20/h8-9,13,15H,3-7,10-12,14,19H2,1-2H3. The zero-order valence-corrected chi connectivity index (χ0v) is 13.6. The highest BCUT2D eigenvalue weighted by atomic mass is 16.5. The Balaban J connectivity index is 1.76. The molecule has 3 nitrogen and oxygen atoms in total. The number of anilines is 1. The van der Waals surface area contributed by atoms with Gasteiger partial charge >= 0.3 is 0 Å². The number of likely N-dealkylation sites (tertiary alicyclic amines) is 1. The van der Waals surface area contributed by atoms with Crippen LogP contribution < -0.4 is 10.5 Å². The number of nitrogens with zero attached hydrogens (tertiary/aromatic N) is 1. The Morgan fingerprint density at radius 3 is 2.62 bits per heavy atom. The second kappa shape index (κ2) is 8.28. The van der Waals surface area contributed by atoms with Gasteiger partial charge in [0.05, 0.1) is 12.3 Å². The van der Waals surface area contributed by atoms with Crippen LogP contribution in [0.4, 0.5) is 5.69 Å². The SMILES string of the molecule is CC(C)COc1ccc(CCCN2CCCCC2)cc1N. The Hall–Kier alpha value is -1.22. The third-order valence-electron chi connectivity index (χ3n) is 4.03. The predicted octanol–water partition coefficient (Wildman–Crippen LogP) is 3.72. The smallest absolute Gasteiger partial charge is 0.142 e. The molecular formula is C18H30N2O. The third-order valence-corrected chi connectivity index (χ3v) is 4.03. The lowest BCUT2D eigenvalue weighted by Gasteiger charge is -2.26. The number of ether oxygens (including phenoxy) is 1. The summed E-state index contributed by atoms with van der Waals surface area (Å²) in [6, 6.07) is 6.25. The molecular weight excluding hydrogens is 260 g/mol. The van der Waals surface area contributed by atoms with Crippen molar-refractivity contribution in [2.75, 3.05) is 32.0 Å². The predicted molar refractivity (Wildman–Crippen MR) is 89.8 cm³/mol. The summed E-state index contributed by atoms with van der Waals surface area (Å²) in [5.41, 5.74) is 8.18. The van der Waals surface area contributed by atoms with Crippen LogP contribution in [0.5, 0.6) is 5.75 Å². The molecule has 0 bridgehead atoms. The summed E-state index contributed by atoms with van der Waals surface area (Å²) in [4.78, 5) is 2.59. The number of piperidine rings is 1. The minimum absolute atomic E-state index is 0.522. The lowest BCUT2D eigenvalue weighted by molar-refractivity contribution is 0.226. The number of nitrogen functional groups attached to an aromatic ring is 1. The van der Waals surface area contributed by atoms with Crippen molar-refractivity contribution in [1.82, 2.24) is 4.90 Å². The molecule has 1 aromatic rings. The Labute approximate surface area is 129 Å². The first-order valence-corrected chi connectivity index (χ1v) is 8.38. The summed E-state index contributed by atoms with van der Waals surface area (Å²) >= 11 is 0. The van der Waals surface area contributed by atoms with Crippen molar-refractivity contribution in [3.8, 4) is 5.75 Å². The van der Waals surface area contributed by atoms with Crippen LogP contribution in [0.1, 0.15) is 45.1 Å². The molecule has 0 amide bonds. The molecule has 0 atom stereocenters. The first-order chi connectivity index (χ1) is 10.1. The molecule has 3 heteroatoms. The van der Waals surface area contributed by atoms with Crippen molar-refractivity contribution in [2.24, 2.45) is 5.92 Å². The number of aryl methyl sites for hydroxylation is 1. The molecule has 118 valence electrons. The lowest BCUT2D eigenvalue weighted by Crippen LogP contribution is -2.30. The summed E-state index contributed by atoms with van der Waals surface area (Å²) in [5, 5.41) is 0. The van der Waals surface area contributed by atoms with Gasteiger partial charge in [0.1, 0.15) is 5.75 Å². The maximum Gasteiger partial charge on any atom is 0.142 e. The first-order valence-electron chi connectivity index (χ1n) is 8.38. The van der Waals surface area contributed by atoms with E-state index in [-0.39, 0.29) is 0 Å². The molecule has 2 N–H and O–H groups in total. The number of hydrogen-bond acceptors (Lipinski definition) is 3. The van der Waals surface area contributed by atoms with Crippen LogP contribution >= 0.6 is 0 Å². The highest BCUT2D eigenvalue weighted by molar-refractivity contribution is 5.54. The van der Waals surface area contributed by atoms with Crippen LogP contribution in [-0.4, -0.2) is 31.1 Å². The van der Waals surface area contributed by atoms with Crippen LogP contribution in [0.3, 0.4) is 0 Å². The van der Waals surface area contributed by atoms with Crippen LogP contribution in [0.25, 0.3) is 0 Å². The van der Waals surface area contributed by atoms with Crippen LogP contribution in [-0.2, 0) is 6.42 Å². The fourth-order valence-corrected chi connectivity index (χ4v) is 2.83.